The van der Waals surface area contributed by atoms with E-state index in [0.29, 0.717) is 12.5 Å². The zero-order valence-electron chi connectivity index (χ0n) is 7.84. The van der Waals surface area contributed by atoms with E-state index in [-0.39, 0.29) is 11.8 Å². The molecule has 0 radical (unpaired) electrons. The van der Waals surface area contributed by atoms with Gasteiger partial charge in [0.15, 0.2) is 0 Å². The zero-order chi connectivity index (χ0) is 9.47. The molecule has 70 valence electrons. The summed E-state index contributed by atoms with van der Waals surface area (Å²) in [5.74, 6) is 0.548. The summed E-state index contributed by atoms with van der Waals surface area (Å²) < 4.78 is 0. The number of carbonyl (C=O) groups is 1. The van der Waals surface area contributed by atoms with Crippen LogP contribution in [-0.2, 0) is 4.79 Å². The number of nitriles is 1. The molecule has 1 N–H and O–H groups in total. The smallest absolute Gasteiger partial charge is 0.241 e. The van der Waals surface area contributed by atoms with Gasteiger partial charge in [0, 0.05) is 12.5 Å². The number of hydrogen-bond acceptors (Lipinski definition) is 2. The van der Waals surface area contributed by atoms with Gasteiger partial charge in [0.05, 0.1) is 6.07 Å². The van der Waals surface area contributed by atoms with Gasteiger partial charge in [-0.1, -0.05) is 6.92 Å². The second-order valence-corrected chi connectivity index (χ2v) is 4.07. The predicted molar refractivity (Wildman–Crippen MR) is 47.6 cm³/mol. The summed E-state index contributed by atoms with van der Waals surface area (Å²) in [6.45, 7) is 2.75. The third kappa shape index (κ3) is 0.980. The number of rotatable bonds is 2. The average molecular weight is 178 g/mol. The molecule has 2 aliphatic rings. The molecule has 13 heavy (non-hydrogen) atoms. The summed E-state index contributed by atoms with van der Waals surface area (Å²) in [4.78, 5) is 11.6. The molecule has 0 aromatic carbocycles. The fourth-order valence-electron chi connectivity index (χ4n) is 2.47. The Balaban J connectivity index is 2.33. The number of carbonyl (C=O) groups excluding carboxylic acids is 1. The molecule has 3 heteroatoms. The highest BCUT2D eigenvalue weighted by molar-refractivity contribution is 5.88. The molecule has 1 aliphatic carbocycles. The van der Waals surface area contributed by atoms with Crippen molar-refractivity contribution in [3.05, 3.63) is 0 Å². The lowest BCUT2D eigenvalue weighted by Gasteiger charge is -2.23. The number of amides is 1. The molecule has 0 aromatic rings. The predicted octanol–water partition coefficient (Wildman–Crippen LogP) is 1.06. The number of nitrogens with one attached hydrogen (secondary N) is 1. The summed E-state index contributed by atoms with van der Waals surface area (Å²) in [5.41, 5.74) is -0.672. The van der Waals surface area contributed by atoms with Crippen molar-refractivity contribution >= 4 is 5.91 Å². The Bertz CT molecular complexity index is 277. The fourth-order valence-corrected chi connectivity index (χ4v) is 2.47. The topological polar surface area (TPSA) is 52.9 Å². The summed E-state index contributed by atoms with van der Waals surface area (Å²) in [6, 6.07) is 2.28. The van der Waals surface area contributed by atoms with Gasteiger partial charge in [0.2, 0.25) is 5.91 Å². The van der Waals surface area contributed by atoms with Crippen LogP contribution in [0, 0.1) is 28.6 Å². The van der Waals surface area contributed by atoms with Gasteiger partial charge in [-0.25, -0.2) is 0 Å². The van der Waals surface area contributed by atoms with Gasteiger partial charge < -0.3 is 5.32 Å². The Labute approximate surface area is 78.1 Å². The quantitative estimate of drug-likeness (QED) is 0.687. The molecule has 1 saturated heterocycles. The summed E-state index contributed by atoms with van der Waals surface area (Å²) >= 11 is 0. The minimum atomic E-state index is -0.672. The van der Waals surface area contributed by atoms with Gasteiger partial charge in [-0.3, -0.25) is 4.79 Å². The third-order valence-electron chi connectivity index (χ3n) is 3.43. The highest BCUT2D eigenvalue weighted by Gasteiger charge is 2.58. The van der Waals surface area contributed by atoms with Crippen LogP contribution in [0.4, 0.5) is 0 Å². The Morgan fingerprint density at radius 2 is 2.38 bits per heavy atom. The Morgan fingerprint density at radius 3 is 2.85 bits per heavy atom. The van der Waals surface area contributed by atoms with Crippen LogP contribution in [0.15, 0.2) is 0 Å². The molecule has 1 heterocycles. The first-order valence-electron chi connectivity index (χ1n) is 4.95. The van der Waals surface area contributed by atoms with Gasteiger partial charge >= 0.3 is 0 Å². The van der Waals surface area contributed by atoms with Gasteiger partial charge in [0.1, 0.15) is 5.41 Å². The molecule has 0 aromatic heterocycles. The lowest BCUT2D eigenvalue weighted by molar-refractivity contribution is -0.127. The average Bonchev–Trinajstić information content (AvgIpc) is 2.92. The maximum atomic E-state index is 11.6. The van der Waals surface area contributed by atoms with E-state index in [1.807, 2.05) is 0 Å². The van der Waals surface area contributed by atoms with E-state index < -0.39 is 5.41 Å². The normalized spacial score (nSPS) is 38.5. The molecule has 1 unspecified atom stereocenters. The van der Waals surface area contributed by atoms with Crippen LogP contribution in [0.25, 0.3) is 0 Å². The molecular weight excluding hydrogens is 164 g/mol. The highest BCUT2D eigenvalue weighted by Crippen LogP contribution is 2.52. The van der Waals surface area contributed by atoms with Crippen LogP contribution in [0.1, 0.15) is 26.2 Å². The van der Waals surface area contributed by atoms with Crippen molar-refractivity contribution in [2.24, 2.45) is 17.3 Å². The van der Waals surface area contributed by atoms with Crippen LogP contribution in [0.5, 0.6) is 0 Å². The molecular formula is C10H14N2O. The lowest BCUT2D eigenvalue weighted by atomic mass is 9.73. The lowest BCUT2D eigenvalue weighted by Crippen LogP contribution is -2.35. The Morgan fingerprint density at radius 1 is 1.69 bits per heavy atom. The minimum Gasteiger partial charge on any atom is -0.354 e. The van der Waals surface area contributed by atoms with E-state index in [9.17, 15) is 10.1 Å². The van der Waals surface area contributed by atoms with Crippen LogP contribution >= 0.6 is 0 Å². The van der Waals surface area contributed by atoms with Crippen molar-refractivity contribution in [2.75, 3.05) is 6.54 Å². The molecule has 1 saturated carbocycles. The van der Waals surface area contributed by atoms with Crippen molar-refractivity contribution in [1.29, 1.82) is 5.26 Å². The number of hydrogen-bond donors (Lipinski definition) is 1. The molecule has 2 rings (SSSR count). The van der Waals surface area contributed by atoms with E-state index >= 15 is 0 Å². The van der Waals surface area contributed by atoms with Crippen LogP contribution in [0.3, 0.4) is 0 Å². The van der Waals surface area contributed by atoms with Gasteiger partial charge in [-0.2, -0.15) is 5.26 Å². The van der Waals surface area contributed by atoms with E-state index in [2.05, 4.69) is 18.3 Å². The van der Waals surface area contributed by atoms with E-state index in [4.69, 9.17) is 0 Å². The van der Waals surface area contributed by atoms with Crippen LogP contribution in [-0.4, -0.2) is 12.5 Å². The second kappa shape index (κ2) is 2.73. The maximum Gasteiger partial charge on any atom is 0.241 e. The molecule has 1 aliphatic heterocycles. The van der Waals surface area contributed by atoms with Gasteiger partial charge in [-0.05, 0) is 25.2 Å². The van der Waals surface area contributed by atoms with E-state index in [1.165, 1.54) is 0 Å². The van der Waals surface area contributed by atoms with Gasteiger partial charge in [-0.15, -0.1) is 0 Å². The van der Waals surface area contributed by atoms with E-state index in [1.54, 1.807) is 0 Å². The second-order valence-electron chi connectivity index (χ2n) is 4.07. The first-order valence-corrected chi connectivity index (χ1v) is 4.95. The first-order chi connectivity index (χ1) is 6.25. The van der Waals surface area contributed by atoms with E-state index in [0.717, 1.165) is 19.3 Å². The van der Waals surface area contributed by atoms with Crippen LogP contribution < -0.4 is 5.32 Å². The summed E-state index contributed by atoms with van der Waals surface area (Å²) in [5, 5.41) is 12.0. The van der Waals surface area contributed by atoms with Crippen molar-refractivity contribution in [3.63, 3.8) is 0 Å². The molecule has 1 amide bonds. The fraction of sp³-hybridized carbons (Fsp3) is 0.800. The third-order valence-corrected chi connectivity index (χ3v) is 3.43. The first kappa shape index (κ1) is 8.55. The van der Waals surface area contributed by atoms with Crippen molar-refractivity contribution in [2.45, 2.75) is 26.2 Å². The molecule has 0 spiro atoms. The maximum absolute atomic E-state index is 11.6. The molecule has 2 atom stereocenters. The Hall–Kier alpha value is -1.04. The molecule has 3 nitrogen and oxygen atoms in total. The van der Waals surface area contributed by atoms with Crippen molar-refractivity contribution in [1.82, 2.24) is 5.32 Å². The highest BCUT2D eigenvalue weighted by atomic mass is 16.2. The summed E-state index contributed by atoms with van der Waals surface area (Å²) in [7, 11) is 0. The van der Waals surface area contributed by atoms with Crippen molar-refractivity contribution in [3.8, 4) is 6.07 Å². The van der Waals surface area contributed by atoms with Crippen molar-refractivity contribution < 1.29 is 4.79 Å². The Kier molecular flexibility index (Phi) is 1.80. The number of nitrogens with zero attached hydrogens (tertiary/aromatic N) is 1. The van der Waals surface area contributed by atoms with Crippen LogP contribution in [0.2, 0.25) is 0 Å². The largest absolute Gasteiger partial charge is 0.354 e. The minimum absolute atomic E-state index is 0.0237. The SMILES string of the molecule is CCC1CNC(=O)[C@@]1(C#N)C1CC1. The standard InChI is InChI=1S/C10H14N2O/c1-2-7-5-12-9(13)10(7,6-11)8-3-4-8/h7-8H,2-5H2,1H3,(H,12,13)/t7?,10-/m1/s1. The monoisotopic (exact) mass is 178 g/mol. The summed E-state index contributed by atoms with van der Waals surface area (Å²) in [6.07, 6.45) is 3.03. The molecule has 0 bridgehead atoms. The molecule has 2 fully saturated rings. The zero-order valence-corrected chi connectivity index (χ0v) is 7.84. The van der Waals surface area contributed by atoms with Gasteiger partial charge in [0.25, 0.3) is 0 Å².